The predicted octanol–water partition coefficient (Wildman–Crippen LogP) is 5.29. The molecule has 3 nitrogen and oxygen atoms in total. The Balaban J connectivity index is 0.000000545. The maximum atomic E-state index is 5.31. The highest BCUT2D eigenvalue weighted by Crippen LogP contribution is 2.20. The lowest BCUT2D eigenvalue weighted by molar-refractivity contribution is 1.22. The molecule has 3 heterocycles. The molecule has 0 radical (unpaired) electrons. The summed E-state index contributed by atoms with van der Waals surface area (Å²) in [7, 11) is 0. The third-order valence-electron chi connectivity index (χ3n) is 2.72. The normalized spacial score (nSPS) is 9.73. The summed E-state index contributed by atoms with van der Waals surface area (Å²) in [5.41, 5.74) is 3.53. The molecule has 0 saturated carbocycles. The molecule has 1 N–H and O–H groups in total. The van der Waals surface area contributed by atoms with E-state index in [1.807, 2.05) is 48.5 Å². The minimum atomic E-state index is 0.194. The third-order valence-corrected chi connectivity index (χ3v) is 2.96. The summed E-state index contributed by atoms with van der Waals surface area (Å²) in [5, 5.41) is 0.194. The average molecular weight is 350 g/mol. The van der Waals surface area contributed by atoms with E-state index in [1.165, 1.54) is 0 Å². The van der Waals surface area contributed by atoms with Crippen LogP contribution in [0.3, 0.4) is 0 Å². The second kappa shape index (κ2) is 8.63. The lowest BCUT2D eigenvalue weighted by Crippen LogP contribution is -1.91. The Morgan fingerprint density at radius 3 is 1.68 bits per heavy atom. The van der Waals surface area contributed by atoms with E-state index < -0.39 is 0 Å². The minimum absolute atomic E-state index is 0.194. The summed E-state index contributed by atoms with van der Waals surface area (Å²) < 4.78 is 0.764. The van der Waals surface area contributed by atoms with Crippen LogP contribution >= 0.6 is 35.4 Å². The number of hydrogen-bond donors (Lipinski definition) is 1. The molecule has 0 amide bonds. The fourth-order valence-electron chi connectivity index (χ4n) is 1.86. The number of nitrogens with one attached hydrogen (secondary N) is 1. The lowest BCUT2D eigenvalue weighted by atomic mass is 10.2. The van der Waals surface area contributed by atoms with Crippen molar-refractivity contribution >= 4 is 35.4 Å². The van der Waals surface area contributed by atoms with Crippen LogP contribution in [-0.2, 0) is 0 Å². The molecule has 0 aliphatic heterocycles. The van der Waals surface area contributed by atoms with Gasteiger partial charge in [0.15, 0.2) is 0 Å². The van der Waals surface area contributed by atoms with Crippen molar-refractivity contribution in [3.63, 3.8) is 0 Å². The maximum absolute atomic E-state index is 5.31. The number of alkyl halides is 2. The van der Waals surface area contributed by atoms with Crippen LogP contribution < -0.4 is 0 Å². The number of aromatic amines is 1. The molecule has 3 aromatic rings. The quantitative estimate of drug-likeness (QED) is 0.504. The monoisotopic (exact) mass is 349 g/mol. The first-order valence-electron chi connectivity index (χ1n) is 6.43. The van der Waals surface area contributed by atoms with Gasteiger partial charge in [-0.15, -0.1) is 23.2 Å². The highest BCUT2D eigenvalue weighted by molar-refractivity contribution is 7.71. The van der Waals surface area contributed by atoms with Gasteiger partial charge >= 0.3 is 0 Å². The molecular weight excluding hydrogens is 337 g/mol. The first kappa shape index (κ1) is 16.6. The molecule has 0 aliphatic rings. The number of aromatic nitrogens is 3. The molecule has 0 atom stereocenters. The summed E-state index contributed by atoms with van der Waals surface area (Å²) in [5.74, 6) is 0. The maximum Gasteiger partial charge on any atom is 0.0967 e. The number of nitrogens with zero attached hydrogens (tertiary/aromatic N) is 2. The van der Waals surface area contributed by atoms with E-state index in [9.17, 15) is 0 Å². The van der Waals surface area contributed by atoms with Gasteiger partial charge in [-0.3, -0.25) is 9.97 Å². The van der Waals surface area contributed by atoms with Crippen molar-refractivity contribution in [1.82, 2.24) is 15.0 Å². The SMILES string of the molecule is ClCCl.S=c1cc(-c2ccccn2)[nH]c(-c2ccccn2)c1. The number of hydrogen-bond acceptors (Lipinski definition) is 3. The second-order valence-corrected chi connectivity index (χ2v) is 5.45. The Bertz CT molecular complexity index is 700. The van der Waals surface area contributed by atoms with Crippen molar-refractivity contribution in [3.8, 4) is 22.8 Å². The Kier molecular flexibility index (Phi) is 6.52. The fraction of sp³-hybridized carbons (Fsp3) is 0.0625. The first-order valence-corrected chi connectivity index (χ1v) is 7.91. The van der Waals surface area contributed by atoms with Crippen molar-refractivity contribution in [2.75, 3.05) is 5.34 Å². The number of H-pyrrole nitrogens is 1. The summed E-state index contributed by atoms with van der Waals surface area (Å²) >= 11 is 14.8. The molecular formula is C16H13Cl2N3S. The van der Waals surface area contributed by atoms with Crippen LogP contribution in [0.2, 0.25) is 0 Å². The van der Waals surface area contributed by atoms with E-state index in [-0.39, 0.29) is 5.34 Å². The average Bonchev–Trinajstić information content (AvgIpc) is 2.57. The molecule has 0 aliphatic carbocycles. The van der Waals surface area contributed by atoms with Crippen LogP contribution in [-0.4, -0.2) is 20.3 Å². The van der Waals surface area contributed by atoms with E-state index in [4.69, 9.17) is 35.4 Å². The highest BCUT2D eigenvalue weighted by Gasteiger charge is 2.03. The third kappa shape index (κ3) is 4.63. The van der Waals surface area contributed by atoms with Gasteiger partial charge in [-0.25, -0.2) is 0 Å². The van der Waals surface area contributed by atoms with Crippen molar-refractivity contribution in [2.45, 2.75) is 0 Å². The standard InChI is InChI=1S/C15H11N3S.CH2Cl2/c19-11-9-14(12-5-1-3-7-16-12)18-15(10-11)13-6-2-4-8-17-13;2-1-3/h1-10H,(H,18,19);1H2. The van der Waals surface area contributed by atoms with E-state index in [0.717, 1.165) is 27.3 Å². The molecule has 0 spiro atoms. The molecule has 0 bridgehead atoms. The van der Waals surface area contributed by atoms with Gasteiger partial charge in [-0.1, -0.05) is 24.4 Å². The Labute approximate surface area is 144 Å². The molecule has 0 fully saturated rings. The molecule has 0 aromatic carbocycles. The van der Waals surface area contributed by atoms with Crippen molar-refractivity contribution in [3.05, 3.63) is 65.4 Å². The summed E-state index contributed by atoms with van der Waals surface area (Å²) in [6.45, 7) is 0. The Morgan fingerprint density at radius 1 is 0.864 bits per heavy atom. The number of halogens is 2. The summed E-state index contributed by atoms with van der Waals surface area (Å²) in [6.07, 6.45) is 3.53. The molecule has 0 saturated heterocycles. The molecule has 3 rings (SSSR count). The zero-order valence-corrected chi connectivity index (χ0v) is 13.9. The van der Waals surface area contributed by atoms with Gasteiger partial charge in [0.1, 0.15) is 0 Å². The lowest BCUT2D eigenvalue weighted by Gasteiger charge is -2.05. The van der Waals surface area contributed by atoms with Gasteiger partial charge in [-0.2, -0.15) is 0 Å². The number of pyridine rings is 3. The van der Waals surface area contributed by atoms with Crippen LogP contribution in [0, 0.1) is 4.51 Å². The van der Waals surface area contributed by atoms with E-state index >= 15 is 0 Å². The first-order chi connectivity index (χ1) is 10.7. The van der Waals surface area contributed by atoms with Gasteiger partial charge in [0.25, 0.3) is 0 Å². The van der Waals surface area contributed by atoms with Crippen molar-refractivity contribution in [1.29, 1.82) is 0 Å². The van der Waals surface area contributed by atoms with Crippen LogP contribution in [0.4, 0.5) is 0 Å². The van der Waals surface area contributed by atoms with E-state index in [2.05, 4.69) is 15.0 Å². The zero-order chi connectivity index (χ0) is 15.8. The van der Waals surface area contributed by atoms with Crippen LogP contribution in [0.25, 0.3) is 22.8 Å². The van der Waals surface area contributed by atoms with Crippen LogP contribution in [0.1, 0.15) is 0 Å². The van der Waals surface area contributed by atoms with Gasteiger partial charge < -0.3 is 4.98 Å². The minimum Gasteiger partial charge on any atom is -0.352 e. The van der Waals surface area contributed by atoms with Crippen molar-refractivity contribution in [2.24, 2.45) is 0 Å². The van der Waals surface area contributed by atoms with Crippen LogP contribution in [0.15, 0.2) is 60.9 Å². The molecule has 6 heteroatoms. The van der Waals surface area contributed by atoms with Gasteiger partial charge in [0.2, 0.25) is 0 Å². The molecule has 22 heavy (non-hydrogen) atoms. The summed E-state index contributed by atoms with van der Waals surface area (Å²) in [4.78, 5) is 12.0. The van der Waals surface area contributed by atoms with E-state index in [1.54, 1.807) is 12.4 Å². The fourth-order valence-corrected chi connectivity index (χ4v) is 2.10. The molecule has 112 valence electrons. The summed E-state index contributed by atoms with van der Waals surface area (Å²) in [6, 6.07) is 15.4. The topological polar surface area (TPSA) is 41.6 Å². The largest absolute Gasteiger partial charge is 0.352 e. The molecule has 3 aromatic heterocycles. The van der Waals surface area contributed by atoms with Gasteiger partial charge in [-0.05, 0) is 36.4 Å². The predicted molar refractivity (Wildman–Crippen MR) is 94.7 cm³/mol. The van der Waals surface area contributed by atoms with Crippen LogP contribution in [0.5, 0.6) is 0 Å². The van der Waals surface area contributed by atoms with Crippen molar-refractivity contribution < 1.29 is 0 Å². The second-order valence-electron chi connectivity index (χ2n) is 4.17. The van der Waals surface area contributed by atoms with Gasteiger partial charge in [0, 0.05) is 16.9 Å². The molecule has 0 unspecified atom stereocenters. The highest BCUT2D eigenvalue weighted by atomic mass is 35.5. The number of rotatable bonds is 2. The Morgan fingerprint density at radius 2 is 1.32 bits per heavy atom. The smallest absolute Gasteiger partial charge is 0.0967 e. The van der Waals surface area contributed by atoms with E-state index in [0.29, 0.717) is 0 Å². The van der Waals surface area contributed by atoms with Gasteiger partial charge in [0.05, 0.1) is 28.1 Å². The Hall–Kier alpha value is -1.75. The zero-order valence-electron chi connectivity index (χ0n) is 11.5.